The van der Waals surface area contributed by atoms with E-state index in [0.717, 1.165) is 15.6 Å². The molecule has 0 unspecified atom stereocenters. The Morgan fingerprint density at radius 1 is 1.05 bits per heavy atom. The molecule has 0 radical (unpaired) electrons. The van der Waals surface area contributed by atoms with Gasteiger partial charge in [-0.1, -0.05) is 52.3 Å². The van der Waals surface area contributed by atoms with Crippen LogP contribution in [0.15, 0.2) is 81.1 Å². The Bertz CT molecular complexity index is 1370. The van der Waals surface area contributed by atoms with Gasteiger partial charge in [0.1, 0.15) is 6.61 Å². The van der Waals surface area contributed by atoms with Crippen molar-refractivity contribution in [1.29, 1.82) is 0 Å². The Morgan fingerprint density at radius 3 is 2.51 bits per heavy atom. The second-order valence-electron chi connectivity index (χ2n) is 7.94. The van der Waals surface area contributed by atoms with Crippen LogP contribution in [-0.4, -0.2) is 40.2 Å². The number of aliphatic imine (C=N–C) groups is 1. The highest BCUT2D eigenvalue weighted by atomic mass is 79.9. The van der Waals surface area contributed by atoms with Crippen LogP contribution < -0.4 is 9.47 Å². The summed E-state index contributed by atoms with van der Waals surface area (Å²) in [5, 5.41) is 9.75. The summed E-state index contributed by atoms with van der Waals surface area (Å²) in [4.78, 5) is 31.1. The van der Waals surface area contributed by atoms with Gasteiger partial charge in [0.15, 0.2) is 16.7 Å². The van der Waals surface area contributed by atoms with Crippen LogP contribution >= 0.6 is 27.7 Å². The number of ether oxygens (including phenoxy) is 2. The monoisotopic (exact) mass is 580 g/mol. The molecule has 0 aromatic heterocycles. The zero-order valence-electron chi connectivity index (χ0n) is 20.3. The summed E-state index contributed by atoms with van der Waals surface area (Å²) in [7, 11) is 0. The first kappa shape index (κ1) is 26.5. The van der Waals surface area contributed by atoms with Crippen molar-refractivity contribution >= 4 is 56.5 Å². The van der Waals surface area contributed by atoms with Crippen molar-refractivity contribution in [1.82, 2.24) is 4.90 Å². The summed E-state index contributed by atoms with van der Waals surface area (Å²) in [5.41, 5.74) is 2.41. The molecule has 0 spiro atoms. The van der Waals surface area contributed by atoms with Gasteiger partial charge in [-0.15, -0.1) is 0 Å². The van der Waals surface area contributed by atoms with E-state index in [-0.39, 0.29) is 11.5 Å². The van der Waals surface area contributed by atoms with Gasteiger partial charge < -0.3 is 14.6 Å². The molecule has 190 valence electrons. The lowest BCUT2D eigenvalue weighted by Crippen LogP contribution is -2.28. The van der Waals surface area contributed by atoms with Gasteiger partial charge in [0.2, 0.25) is 0 Å². The number of carboxylic acids is 1. The Kier molecular flexibility index (Phi) is 8.68. The van der Waals surface area contributed by atoms with Crippen LogP contribution in [0.2, 0.25) is 0 Å². The fourth-order valence-corrected chi connectivity index (χ4v) is 5.10. The maximum Gasteiger partial charge on any atom is 0.335 e. The van der Waals surface area contributed by atoms with Crippen LogP contribution in [0.5, 0.6) is 11.5 Å². The standard InChI is InChI=1S/C28H25BrN2O5S/c1-3-31-26(32)25(37-28(31)30-21-12-8-11-19(13-21)27(33)34)15-20-14-23(35-4-2)24(16-22(20)29)36-17-18-9-6-5-7-10-18/h5-16H,3-4,17H2,1-2H3,(H,33,34)/b25-15-,30-28?. The van der Waals surface area contributed by atoms with E-state index in [1.807, 2.05) is 56.3 Å². The first-order chi connectivity index (χ1) is 17.9. The lowest BCUT2D eigenvalue weighted by molar-refractivity contribution is -0.122. The van der Waals surface area contributed by atoms with Crippen molar-refractivity contribution in [3.63, 3.8) is 0 Å². The first-order valence-electron chi connectivity index (χ1n) is 11.7. The minimum Gasteiger partial charge on any atom is -0.490 e. The van der Waals surface area contributed by atoms with E-state index in [9.17, 15) is 14.7 Å². The van der Waals surface area contributed by atoms with E-state index in [1.54, 1.807) is 23.1 Å². The van der Waals surface area contributed by atoms with Gasteiger partial charge >= 0.3 is 5.97 Å². The van der Waals surface area contributed by atoms with Crippen molar-refractivity contribution in [3.8, 4) is 11.5 Å². The fraction of sp³-hybridized carbons (Fsp3) is 0.179. The second-order valence-corrected chi connectivity index (χ2v) is 9.80. The molecule has 3 aromatic carbocycles. The molecular weight excluding hydrogens is 556 g/mol. The number of amides is 1. The van der Waals surface area contributed by atoms with Crippen LogP contribution in [0.1, 0.15) is 35.3 Å². The minimum atomic E-state index is -1.03. The molecule has 1 saturated heterocycles. The quantitative estimate of drug-likeness (QED) is 0.282. The van der Waals surface area contributed by atoms with Gasteiger partial charge in [-0.3, -0.25) is 9.69 Å². The molecular formula is C28H25BrN2O5S. The lowest BCUT2D eigenvalue weighted by atomic mass is 10.1. The third-order valence-corrected chi connectivity index (χ3v) is 7.10. The first-order valence-corrected chi connectivity index (χ1v) is 13.3. The third kappa shape index (κ3) is 6.42. The molecule has 1 amide bonds. The number of carbonyl (C=O) groups excluding carboxylic acids is 1. The minimum absolute atomic E-state index is 0.136. The molecule has 4 rings (SSSR count). The summed E-state index contributed by atoms with van der Waals surface area (Å²) in [6.45, 7) is 5.06. The van der Waals surface area contributed by atoms with Crippen molar-refractivity contribution in [2.24, 2.45) is 4.99 Å². The van der Waals surface area contributed by atoms with E-state index in [2.05, 4.69) is 20.9 Å². The topological polar surface area (TPSA) is 88.4 Å². The molecule has 0 saturated carbocycles. The number of halogens is 1. The lowest BCUT2D eigenvalue weighted by Gasteiger charge is -2.14. The van der Waals surface area contributed by atoms with Crippen molar-refractivity contribution in [2.75, 3.05) is 13.2 Å². The van der Waals surface area contributed by atoms with E-state index in [0.29, 0.717) is 47.0 Å². The van der Waals surface area contributed by atoms with Crippen LogP contribution in [0.4, 0.5) is 5.69 Å². The SMILES string of the molecule is CCOc1cc(/C=C2\SC(=Nc3cccc(C(=O)O)c3)N(CC)C2=O)c(Br)cc1OCc1ccccc1. The average molecular weight is 581 g/mol. The number of likely N-dealkylation sites (N-methyl/N-ethyl adjacent to an activating group) is 1. The smallest absolute Gasteiger partial charge is 0.335 e. The van der Waals surface area contributed by atoms with E-state index >= 15 is 0 Å². The number of benzene rings is 3. The number of carboxylic acid groups (broad SMARTS) is 1. The van der Waals surface area contributed by atoms with Gasteiger partial charge in [0.25, 0.3) is 5.91 Å². The largest absolute Gasteiger partial charge is 0.490 e. The predicted molar refractivity (Wildman–Crippen MR) is 150 cm³/mol. The molecule has 7 nitrogen and oxygen atoms in total. The highest BCUT2D eigenvalue weighted by Gasteiger charge is 2.32. The van der Waals surface area contributed by atoms with E-state index in [4.69, 9.17) is 9.47 Å². The van der Waals surface area contributed by atoms with Crippen LogP contribution in [0.25, 0.3) is 6.08 Å². The Morgan fingerprint density at radius 2 is 1.81 bits per heavy atom. The Labute approximate surface area is 227 Å². The molecule has 9 heteroatoms. The highest BCUT2D eigenvalue weighted by Crippen LogP contribution is 2.39. The molecule has 3 aromatic rings. The summed E-state index contributed by atoms with van der Waals surface area (Å²) in [6.07, 6.45) is 1.79. The normalized spacial score (nSPS) is 15.4. The highest BCUT2D eigenvalue weighted by molar-refractivity contribution is 9.10. The maximum atomic E-state index is 13.2. The molecule has 1 aliphatic heterocycles. The molecule has 0 aliphatic carbocycles. The number of carbonyl (C=O) groups is 2. The number of thioether (sulfide) groups is 1. The van der Waals surface area contributed by atoms with Gasteiger partial charge in [-0.2, -0.15) is 0 Å². The van der Waals surface area contributed by atoms with Gasteiger partial charge in [0, 0.05) is 11.0 Å². The molecule has 0 bridgehead atoms. The third-order valence-electron chi connectivity index (χ3n) is 5.41. The summed E-state index contributed by atoms with van der Waals surface area (Å²) in [5.74, 6) is -0.0253. The zero-order valence-corrected chi connectivity index (χ0v) is 22.7. The fourth-order valence-electron chi connectivity index (χ4n) is 3.61. The molecule has 37 heavy (non-hydrogen) atoms. The van der Waals surface area contributed by atoms with Crippen molar-refractivity contribution in [2.45, 2.75) is 20.5 Å². The molecule has 1 aliphatic rings. The summed E-state index contributed by atoms with van der Waals surface area (Å²) >= 11 is 4.85. The van der Waals surface area contributed by atoms with Crippen LogP contribution in [0.3, 0.4) is 0 Å². The van der Waals surface area contributed by atoms with Gasteiger partial charge in [0.05, 0.1) is 22.8 Å². The zero-order chi connectivity index (χ0) is 26.4. The summed E-state index contributed by atoms with van der Waals surface area (Å²) < 4.78 is 12.6. The number of aromatic carboxylic acids is 1. The average Bonchev–Trinajstić information content (AvgIpc) is 3.19. The van der Waals surface area contributed by atoms with E-state index in [1.165, 1.54) is 23.9 Å². The second kappa shape index (κ2) is 12.1. The number of hydrogen-bond donors (Lipinski definition) is 1. The number of rotatable bonds is 9. The number of hydrogen-bond acceptors (Lipinski definition) is 6. The van der Waals surface area contributed by atoms with Crippen LogP contribution in [-0.2, 0) is 11.4 Å². The maximum absolute atomic E-state index is 13.2. The molecule has 1 heterocycles. The van der Waals surface area contributed by atoms with E-state index < -0.39 is 5.97 Å². The number of nitrogens with zero attached hydrogens (tertiary/aromatic N) is 2. The molecule has 1 fully saturated rings. The van der Waals surface area contributed by atoms with Crippen molar-refractivity contribution in [3.05, 3.63) is 92.8 Å². The summed E-state index contributed by atoms with van der Waals surface area (Å²) in [6, 6.07) is 19.9. The van der Waals surface area contributed by atoms with Gasteiger partial charge in [-0.25, -0.2) is 9.79 Å². The van der Waals surface area contributed by atoms with Gasteiger partial charge in [-0.05, 0) is 73.1 Å². The van der Waals surface area contributed by atoms with Crippen LogP contribution in [0, 0.1) is 0 Å². The Hall–Kier alpha value is -3.56. The Balaban J connectivity index is 1.62. The predicted octanol–water partition coefficient (Wildman–Crippen LogP) is 6.75. The molecule has 0 atom stereocenters. The number of amidine groups is 1. The molecule has 1 N–H and O–H groups in total. The van der Waals surface area contributed by atoms with Crippen molar-refractivity contribution < 1.29 is 24.2 Å².